The summed E-state index contributed by atoms with van der Waals surface area (Å²) in [6, 6.07) is 14.4. The van der Waals surface area contributed by atoms with E-state index in [1.165, 1.54) is 28.7 Å². The fourth-order valence-electron chi connectivity index (χ4n) is 6.66. The van der Waals surface area contributed by atoms with Gasteiger partial charge < -0.3 is 10.0 Å². The minimum absolute atomic E-state index is 0.0980. The Hall–Kier alpha value is -1.75. The number of unbranched alkanes of at least 4 members (excludes halogenated alkanes) is 1. The molecule has 1 N–H and O–H groups in total. The van der Waals surface area contributed by atoms with Crippen LogP contribution >= 0.6 is 0 Å². The average molecular weight is 451 g/mol. The molecule has 0 amide bonds. The topological polar surface area (TPSA) is 26.7 Å². The molecule has 5 rings (SSSR count). The highest BCUT2D eigenvalue weighted by molar-refractivity contribution is 5.46. The minimum Gasteiger partial charge on any atom is -0.392 e. The summed E-state index contributed by atoms with van der Waals surface area (Å²) in [5, 5.41) is 10.3. The Kier molecular flexibility index (Phi) is 7.15. The Balaban J connectivity index is 1.23. The molecular weight excluding hydrogens is 411 g/mol. The molecule has 2 fully saturated rings. The number of β-amino-alcohol motifs (C(OH)–C–C–N with tert-alkyl or cyclic N) is 1. The van der Waals surface area contributed by atoms with E-state index >= 15 is 0 Å². The van der Waals surface area contributed by atoms with E-state index in [0.717, 1.165) is 71.4 Å². The summed E-state index contributed by atoms with van der Waals surface area (Å²) in [6.45, 7) is 8.44. The number of piperazine rings is 1. The summed E-state index contributed by atoms with van der Waals surface area (Å²) in [4.78, 5) is 5.06. The molecule has 178 valence electrons. The van der Waals surface area contributed by atoms with E-state index in [0.29, 0.717) is 17.8 Å². The van der Waals surface area contributed by atoms with Crippen molar-refractivity contribution in [2.24, 2.45) is 5.92 Å². The zero-order valence-electron chi connectivity index (χ0n) is 20.1. The second-order valence-corrected chi connectivity index (χ2v) is 10.7. The van der Waals surface area contributed by atoms with Crippen molar-refractivity contribution in [1.82, 2.24) is 9.80 Å². The number of benzene rings is 2. The van der Waals surface area contributed by atoms with Crippen molar-refractivity contribution in [3.05, 3.63) is 70.5 Å². The van der Waals surface area contributed by atoms with Crippen LogP contribution in [-0.4, -0.2) is 60.3 Å². The first-order valence-electron chi connectivity index (χ1n) is 13.1. The minimum atomic E-state index is -0.182. The van der Waals surface area contributed by atoms with Crippen LogP contribution in [0.25, 0.3) is 0 Å². The monoisotopic (exact) mass is 450 g/mol. The lowest BCUT2D eigenvalue weighted by Gasteiger charge is -2.36. The van der Waals surface area contributed by atoms with Crippen molar-refractivity contribution in [3.63, 3.8) is 0 Å². The van der Waals surface area contributed by atoms with Gasteiger partial charge in [0.15, 0.2) is 0 Å². The van der Waals surface area contributed by atoms with Gasteiger partial charge in [-0.1, -0.05) is 50.1 Å². The Labute approximate surface area is 198 Å². The largest absolute Gasteiger partial charge is 0.392 e. The molecule has 4 unspecified atom stereocenters. The molecule has 1 aliphatic heterocycles. The molecule has 0 bridgehead atoms. The molecule has 1 saturated carbocycles. The number of halogens is 1. The maximum Gasteiger partial charge on any atom is 0.123 e. The molecule has 3 aliphatic rings. The smallest absolute Gasteiger partial charge is 0.123 e. The highest BCUT2D eigenvalue weighted by Crippen LogP contribution is 2.52. The molecule has 2 aromatic rings. The van der Waals surface area contributed by atoms with Crippen molar-refractivity contribution >= 4 is 0 Å². The van der Waals surface area contributed by atoms with E-state index in [2.05, 4.69) is 41.0 Å². The Bertz CT molecular complexity index is 939. The van der Waals surface area contributed by atoms with Gasteiger partial charge in [-0.25, -0.2) is 4.39 Å². The van der Waals surface area contributed by atoms with Crippen LogP contribution in [0, 0.1) is 11.7 Å². The number of hydrogen-bond acceptors (Lipinski definition) is 3. The molecule has 4 atom stereocenters. The average Bonchev–Trinajstić information content (AvgIpc) is 3.18. The highest BCUT2D eigenvalue weighted by atomic mass is 19.1. The summed E-state index contributed by atoms with van der Waals surface area (Å²) in [5.41, 5.74) is 5.48. The van der Waals surface area contributed by atoms with Crippen LogP contribution in [0.3, 0.4) is 0 Å². The number of hydrogen-bond donors (Lipinski definition) is 1. The van der Waals surface area contributed by atoms with E-state index in [-0.39, 0.29) is 11.9 Å². The van der Waals surface area contributed by atoms with Gasteiger partial charge in [0.25, 0.3) is 0 Å². The van der Waals surface area contributed by atoms with Gasteiger partial charge in [-0.15, -0.1) is 0 Å². The second-order valence-electron chi connectivity index (χ2n) is 10.7. The first-order valence-corrected chi connectivity index (χ1v) is 13.1. The molecule has 0 radical (unpaired) electrons. The molecule has 1 heterocycles. The fourth-order valence-corrected chi connectivity index (χ4v) is 6.66. The van der Waals surface area contributed by atoms with Gasteiger partial charge in [0, 0.05) is 39.3 Å². The van der Waals surface area contributed by atoms with E-state index in [1.54, 1.807) is 6.07 Å². The number of aliphatic hydroxyl groups excluding tert-OH is 1. The normalized spacial score (nSPS) is 26.3. The second kappa shape index (κ2) is 10.2. The van der Waals surface area contributed by atoms with E-state index in [9.17, 15) is 9.50 Å². The van der Waals surface area contributed by atoms with Crippen LogP contribution in [0.1, 0.15) is 73.1 Å². The molecule has 1 saturated heterocycles. The van der Waals surface area contributed by atoms with Gasteiger partial charge in [0.1, 0.15) is 5.82 Å². The predicted octanol–water partition coefficient (Wildman–Crippen LogP) is 5.18. The molecule has 2 aliphatic carbocycles. The quantitative estimate of drug-likeness (QED) is 0.630. The van der Waals surface area contributed by atoms with Gasteiger partial charge in [-0.3, -0.25) is 4.90 Å². The number of rotatable bonds is 7. The van der Waals surface area contributed by atoms with Crippen LogP contribution < -0.4 is 0 Å². The third kappa shape index (κ3) is 5.18. The molecule has 0 aromatic heterocycles. The van der Waals surface area contributed by atoms with Crippen LogP contribution in [0.15, 0.2) is 42.5 Å². The van der Waals surface area contributed by atoms with Gasteiger partial charge in [-0.2, -0.15) is 0 Å². The van der Waals surface area contributed by atoms with Crippen LogP contribution in [0.4, 0.5) is 4.39 Å². The molecule has 4 heteroatoms. The van der Waals surface area contributed by atoms with Crippen LogP contribution in [0.2, 0.25) is 0 Å². The molecule has 3 nitrogen and oxygen atoms in total. The predicted molar refractivity (Wildman–Crippen MR) is 132 cm³/mol. The third-order valence-electron chi connectivity index (χ3n) is 8.34. The van der Waals surface area contributed by atoms with E-state index in [1.807, 2.05) is 12.1 Å². The Morgan fingerprint density at radius 3 is 2.42 bits per heavy atom. The maximum atomic E-state index is 14.2. The molecule has 2 aromatic carbocycles. The van der Waals surface area contributed by atoms with E-state index < -0.39 is 0 Å². The van der Waals surface area contributed by atoms with Gasteiger partial charge in [0.05, 0.1) is 6.10 Å². The lowest BCUT2D eigenvalue weighted by Crippen LogP contribution is -2.49. The summed E-state index contributed by atoms with van der Waals surface area (Å²) in [6.07, 6.45) is 6.29. The highest BCUT2D eigenvalue weighted by Gasteiger charge is 2.40. The van der Waals surface area contributed by atoms with Gasteiger partial charge >= 0.3 is 0 Å². The standard InChI is InChI=1S/C29H39FN2O/c1-2-3-7-25(33)20-32-13-11-31(12-14-32)19-21-15-28-26-8-5-4-6-22(26)17-23-9-10-24(30)18-27(23)29(28)16-21/h4-6,8-10,18,21,25,28-29,33H,2-3,7,11-17,19-20H2,1H3. The maximum absolute atomic E-state index is 14.2. The summed E-state index contributed by atoms with van der Waals surface area (Å²) in [7, 11) is 0. The van der Waals surface area contributed by atoms with E-state index in [4.69, 9.17) is 0 Å². The first-order chi connectivity index (χ1) is 16.1. The summed E-state index contributed by atoms with van der Waals surface area (Å²) < 4.78 is 14.2. The van der Waals surface area contributed by atoms with Crippen molar-refractivity contribution in [1.29, 1.82) is 0 Å². The van der Waals surface area contributed by atoms with Gasteiger partial charge in [0.2, 0.25) is 0 Å². The third-order valence-corrected chi connectivity index (χ3v) is 8.34. The van der Waals surface area contributed by atoms with Crippen LogP contribution in [0.5, 0.6) is 0 Å². The summed E-state index contributed by atoms with van der Waals surface area (Å²) >= 11 is 0. The molecule has 33 heavy (non-hydrogen) atoms. The summed E-state index contributed by atoms with van der Waals surface area (Å²) in [5.74, 6) is 1.49. The molecular formula is C29H39FN2O. The first kappa shape index (κ1) is 23.0. The van der Waals surface area contributed by atoms with Crippen molar-refractivity contribution in [2.75, 3.05) is 39.3 Å². The zero-order chi connectivity index (χ0) is 22.8. The lowest BCUT2D eigenvalue weighted by atomic mass is 9.84. The van der Waals surface area contributed by atoms with Crippen LogP contribution in [-0.2, 0) is 6.42 Å². The zero-order valence-corrected chi connectivity index (χ0v) is 20.1. The van der Waals surface area contributed by atoms with Crippen molar-refractivity contribution in [3.8, 4) is 0 Å². The number of fused-ring (bicyclic) bond motifs is 5. The lowest BCUT2D eigenvalue weighted by molar-refractivity contribution is 0.0627. The number of nitrogens with zero attached hydrogens (tertiary/aromatic N) is 2. The molecule has 0 spiro atoms. The number of aliphatic hydroxyl groups is 1. The Morgan fingerprint density at radius 2 is 1.64 bits per heavy atom. The van der Waals surface area contributed by atoms with Crippen molar-refractivity contribution in [2.45, 2.75) is 63.4 Å². The SMILES string of the molecule is CCCCC(O)CN1CCN(CC2CC3c4ccccc4Cc4ccc(F)cc4C3C2)CC1. The fraction of sp³-hybridized carbons (Fsp3) is 0.586. The van der Waals surface area contributed by atoms with Crippen molar-refractivity contribution < 1.29 is 9.50 Å². The Morgan fingerprint density at radius 1 is 0.939 bits per heavy atom. The van der Waals surface area contributed by atoms with Gasteiger partial charge in [-0.05, 0) is 77.8 Å².